The quantitative estimate of drug-likeness (QED) is 0.925. The zero-order valence-electron chi connectivity index (χ0n) is 11.6. The van der Waals surface area contributed by atoms with E-state index in [1.165, 1.54) is 15.7 Å². The van der Waals surface area contributed by atoms with Crippen molar-refractivity contribution in [3.8, 4) is 6.07 Å². The zero-order chi connectivity index (χ0) is 14.0. The van der Waals surface area contributed by atoms with Crippen molar-refractivity contribution in [3.63, 3.8) is 0 Å². The second-order valence-corrected chi connectivity index (χ2v) is 6.81. The van der Waals surface area contributed by atoms with Crippen LogP contribution in [-0.4, -0.2) is 17.8 Å². The Kier molecular flexibility index (Phi) is 3.69. The topological polar surface area (TPSA) is 35.8 Å². The van der Waals surface area contributed by atoms with Gasteiger partial charge in [-0.3, -0.25) is 0 Å². The third-order valence-corrected chi connectivity index (χ3v) is 5.45. The molecule has 0 amide bonds. The maximum Gasteiger partial charge on any atom is 0.107 e. The maximum atomic E-state index is 9.32. The average Bonchev–Trinajstić information content (AvgIpc) is 2.91. The van der Waals surface area contributed by atoms with Crippen LogP contribution in [0.15, 0.2) is 47.4 Å². The van der Waals surface area contributed by atoms with E-state index in [-0.39, 0.29) is 5.54 Å². The van der Waals surface area contributed by atoms with Crippen molar-refractivity contribution in [1.82, 2.24) is 5.32 Å². The van der Waals surface area contributed by atoms with E-state index < -0.39 is 0 Å². The molecule has 0 bridgehead atoms. The molecule has 0 aliphatic heterocycles. The van der Waals surface area contributed by atoms with Crippen LogP contribution in [0.4, 0.5) is 0 Å². The SMILES string of the molecule is CNC1(C#N)CCC(Sc2ccc3ccccc3c2)C1. The summed E-state index contributed by atoms with van der Waals surface area (Å²) < 4.78 is 0. The summed E-state index contributed by atoms with van der Waals surface area (Å²) in [6, 6.07) is 17.5. The fourth-order valence-corrected chi connectivity index (χ4v) is 4.25. The lowest BCUT2D eigenvalue weighted by atomic mass is 10.0. The second-order valence-electron chi connectivity index (χ2n) is 5.44. The minimum atomic E-state index is -0.311. The van der Waals surface area contributed by atoms with Crippen LogP contribution >= 0.6 is 11.8 Å². The molecule has 1 saturated carbocycles. The molecule has 0 saturated heterocycles. The van der Waals surface area contributed by atoms with Crippen LogP contribution in [0.5, 0.6) is 0 Å². The van der Waals surface area contributed by atoms with Gasteiger partial charge >= 0.3 is 0 Å². The predicted molar refractivity (Wildman–Crippen MR) is 84.8 cm³/mol. The number of fused-ring (bicyclic) bond motifs is 1. The Morgan fingerprint density at radius 3 is 2.75 bits per heavy atom. The molecular formula is C17H18N2S. The number of hydrogen-bond acceptors (Lipinski definition) is 3. The molecule has 2 aromatic carbocycles. The first-order chi connectivity index (χ1) is 9.74. The number of benzene rings is 2. The summed E-state index contributed by atoms with van der Waals surface area (Å²) in [6.07, 6.45) is 2.98. The van der Waals surface area contributed by atoms with E-state index >= 15 is 0 Å². The van der Waals surface area contributed by atoms with E-state index in [9.17, 15) is 5.26 Å². The molecule has 1 N–H and O–H groups in total. The molecule has 0 aromatic heterocycles. The van der Waals surface area contributed by atoms with Crippen LogP contribution in [0.2, 0.25) is 0 Å². The summed E-state index contributed by atoms with van der Waals surface area (Å²) in [7, 11) is 1.90. The Balaban J connectivity index is 1.76. The van der Waals surface area contributed by atoms with E-state index in [1.54, 1.807) is 0 Å². The molecule has 102 valence electrons. The first kappa shape index (κ1) is 13.5. The van der Waals surface area contributed by atoms with Crippen LogP contribution in [0, 0.1) is 11.3 Å². The van der Waals surface area contributed by atoms with Gasteiger partial charge in [0.05, 0.1) is 6.07 Å². The van der Waals surface area contributed by atoms with E-state index in [1.807, 2.05) is 18.8 Å². The minimum Gasteiger partial charge on any atom is -0.302 e. The number of rotatable bonds is 3. The van der Waals surface area contributed by atoms with Crippen molar-refractivity contribution >= 4 is 22.5 Å². The van der Waals surface area contributed by atoms with Crippen molar-refractivity contribution in [3.05, 3.63) is 42.5 Å². The fraction of sp³-hybridized carbons (Fsp3) is 0.353. The van der Waals surface area contributed by atoms with Gasteiger partial charge in [0.15, 0.2) is 0 Å². The van der Waals surface area contributed by atoms with Gasteiger partial charge in [0.25, 0.3) is 0 Å². The molecule has 2 unspecified atom stereocenters. The lowest BCUT2D eigenvalue weighted by Crippen LogP contribution is -2.38. The monoisotopic (exact) mass is 282 g/mol. The summed E-state index contributed by atoms with van der Waals surface area (Å²) in [6.45, 7) is 0. The zero-order valence-corrected chi connectivity index (χ0v) is 12.4. The highest BCUT2D eigenvalue weighted by atomic mass is 32.2. The van der Waals surface area contributed by atoms with Gasteiger partial charge in [-0.1, -0.05) is 30.3 Å². The highest BCUT2D eigenvalue weighted by Crippen LogP contribution is 2.40. The molecule has 0 spiro atoms. The first-order valence-electron chi connectivity index (χ1n) is 7.00. The molecule has 0 heterocycles. The third kappa shape index (κ3) is 2.54. The molecule has 1 aliphatic rings. The lowest BCUT2D eigenvalue weighted by molar-refractivity contribution is 0.464. The third-order valence-electron chi connectivity index (χ3n) is 4.19. The van der Waals surface area contributed by atoms with E-state index in [0.717, 1.165) is 19.3 Å². The van der Waals surface area contributed by atoms with Crippen molar-refractivity contribution < 1.29 is 0 Å². The standard InChI is InChI=1S/C17H18N2S/c1-19-17(12-18)9-8-16(11-17)20-15-7-6-13-4-2-3-5-14(13)10-15/h2-7,10,16,19H,8-9,11H2,1H3. The normalized spacial score (nSPS) is 25.7. The molecule has 1 fully saturated rings. The summed E-state index contributed by atoms with van der Waals surface area (Å²) >= 11 is 1.91. The first-order valence-corrected chi connectivity index (χ1v) is 7.88. The van der Waals surface area contributed by atoms with Gasteiger partial charge in [-0.15, -0.1) is 11.8 Å². The maximum absolute atomic E-state index is 9.32. The lowest BCUT2D eigenvalue weighted by Gasteiger charge is -2.19. The van der Waals surface area contributed by atoms with E-state index in [4.69, 9.17) is 0 Å². The molecule has 20 heavy (non-hydrogen) atoms. The highest BCUT2D eigenvalue weighted by molar-refractivity contribution is 8.00. The van der Waals surface area contributed by atoms with Crippen molar-refractivity contribution in [2.24, 2.45) is 0 Å². The Morgan fingerprint density at radius 2 is 2.05 bits per heavy atom. The van der Waals surface area contributed by atoms with Gasteiger partial charge in [0, 0.05) is 10.1 Å². The number of thioether (sulfide) groups is 1. The van der Waals surface area contributed by atoms with Crippen LogP contribution in [0.1, 0.15) is 19.3 Å². The number of nitriles is 1. The Bertz CT molecular complexity index is 661. The predicted octanol–water partition coefficient (Wildman–Crippen LogP) is 3.97. The van der Waals surface area contributed by atoms with Crippen molar-refractivity contribution in [2.45, 2.75) is 34.9 Å². The highest BCUT2D eigenvalue weighted by Gasteiger charge is 2.38. The van der Waals surface area contributed by atoms with Crippen molar-refractivity contribution in [2.75, 3.05) is 7.05 Å². The van der Waals surface area contributed by atoms with Crippen molar-refractivity contribution in [1.29, 1.82) is 5.26 Å². The largest absolute Gasteiger partial charge is 0.302 e. The number of nitrogens with zero attached hydrogens (tertiary/aromatic N) is 1. The molecule has 3 rings (SSSR count). The molecule has 2 aromatic rings. The van der Waals surface area contributed by atoms with Gasteiger partial charge in [-0.25, -0.2) is 0 Å². The average molecular weight is 282 g/mol. The number of hydrogen-bond donors (Lipinski definition) is 1. The Morgan fingerprint density at radius 1 is 1.25 bits per heavy atom. The van der Waals surface area contributed by atoms with Gasteiger partial charge < -0.3 is 5.32 Å². The van der Waals surface area contributed by atoms with Crippen LogP contribution < -0.4 is 5.32 Å². The molecule has 2 atom stereocenters. The summed E-state index contributed by atoms with van der Waals surface area (Å²) in [5.41, 5.74) is -0.311. The minimum absolute atomic E-state index is 0.311. The van der Waals surface area contributed by atoms with Gasteiger partial charge in [-0.2, -0.15) is 5.26 Å². The molecule has 0 radical (unpaired) electrons. The molecular weight excluding hydrogens is 264 g/mol. The second kappa shape index (κ2) is 5.47. The van der Waals surface area contributed by atoms with Gasteiger partial charge in [0.1, 0.15) is 5.54 Å². The van der Waals surface area contributed by atoms with Gasteiger partial charge in [-0.05, 0) is 49.2 Å². The molecule has 2 nitrogen and oxygen atoms in total. The Labute approximate surface area is 124 Å². The summed E-state index contributed by atoms with van der Waals surface area (Å²) in [5.74, 6) is 0. The molecule has 1 aliphatic carbocycles. The van der Waals surface area contributed by atoms with Crippen LogP contribution in [0.25, 0.3) is 10.8 Å². The fourth-order valence-electron chi connectivity index (χ4n) is 2.92. The summed E-state index contributed by atoms with van der Waals surface area (Å²) in [5, 5.41) is 15.6. The van der Waals surface area contributed by atoms with E-state index in [2.05, 4.69) is 53.9 Å². The van der Waals surface area contributed by atoms with Gasteiger partial charge in [0.2, 0.25) is 0 Å². The Hall–Kier alpha value is -1.50. The summed E-state index contributed by atoms with van der Waals surface area (Å²) in [4.78, 5) is 1.30. The smallest absolute Gasteiger partial charge is 0.107 e. The number of nitrogens with one attached hydrogen (secondary N) is 1. The molecule has 3 heteroatoms. The van der Waals surface area contributed by atoms with E-state index in [0.29, 0.717) is 5.25 Å². The van der Waals surface area contributed by atoms with Crippen LogP contribution in [0.3, 0.4) is 0 Å². The van der Waals surface area contributed by atoms with Crippen LogP contribution in [-0.2, 0) is 0 Å².